The third-order valence-electron chi connectivity index (χ3n) is 5.10. The van der Waals surface area contributed by atoms with Gasteiger partial charge in [0.15, 0.2) is 0 Å². The highest BCUT2D eigenvalue weighted by Gasteiger charge is 2.42. The first-order valence-corrected chi connectivity index (χ1v) is 8.90. The van der Waals surface area contributed by atoms with Crippen LogP contribution < -0.4 is 9.64 Å². The van der Waals surface area contributed by atoms with E-state index in [0.717, 1.165) is 37.1 Å². The van der Waals surface area contributed by atoms with Crippen LogP contribution in [0, 0.1) is 0 Å². The summed E-state index contributed by atoms with van der Waals surface area (Å²) in [5, 5.41) is 0. The highest BCUT2D eigenvalue weighted by atomic mass is 16.5. The molecule has 1 aromatic carbocycles. The zero-order chi connectivity index (χ0) is 17.9. The Hall–Kier alpha value is -1.71. The van der Waals surface area contributed by atoms with Gasteiger partial charge in [-0.2, -0.15) is 0 Å². The molecule has 4 heteroatoms. The van der Waals surface area contributed by atoms with Crippen molar-refractivity contribution in [2.75, 3.05) is 19.1 Å². The monoisotopic (exact) mass is 333 g/mol. The molecule has 0 saturated heterocycles. The summed E-state index contributed by atoms with van der Waals surface area (Å²) in [7, 11) is 3.16. The van der Waals surface area contributed by atoms with E-state index in [-0.39, 0.29) is 17.6 Å². The lowest BCUT2D eigenvalue weighted by Gasteiger charge is -2.50. The molecule has 1 aliphatic heterocycles. The first kappa shape index (κ1) is 18.6. The molecule has 0 radical (unpaired) electrons. The van der Waals surface area contributed by atoms with Crippen molar-refractivity contribution < 1.29 is 14.3 Å². The third kappa shape index (κ3) is 3.52. The molecule has 0 fully saturated rings. The van der Waals surface area contributed by atoms with Gasteiger partial charge < -0.3 is 14.4 Å². The predicted molar refractivity (Wildman–Crippen MR) is 97.9 cm³/mol. The Kier molecular flexibility index (Phi) is 5.79. The van der Waals surface area contributed by atoms with Gasteiger partial charge >= 0.3 is 5.97 Å². The molecule has 0 N–H and O–H groups in total. The fraction of sp³-hybridized carbons (Fsp3) is 0.650. The van der Waals surface area contributed by atoms with E-state index in [4.69, 9.17) is 9.47 Å². The second-order valence-electron chi connectivity index (χ2n) is 7.39. The lowest BCUT2D eigenvalue weighted by molar-refractivity contribution is -0.142. The Morgan fingerprint density at radius 1 is 1.38 bits per heavy atom. The van der Waals surface area contributed by atoms with Gasteiger partial charge in [0.25, 0.3) is 0 Å². The average molecular weight is 333 g/mol. The summed E-state index contributed by atoms with van der Waals surface area (Å²) in [4.78, 5) is 14.8. The Morgan fingerprint density at radius 3 is 2.67 bits per heavy atom. The van der Waals surface area contributed by atoms with Crippen LogP contribution in [0.4, 0.5) is 5.69 Å². The van der Waals surface area contributed by atoms with E-state index >= 15 is 0 Å². The molecule has 4 nitrogen and oxygen atoms in total. The lowest BCUT2D eigenvalue weighted by atomic mass is 9.78. The summed E-state index contributed by atoms with van der Waals surface area (Å²) in [6, 6.07) is 5.94. The van der Waals surface area contributed by atoms with Crippen LogP contribution in [0.3, 0.4) is 0 Å². The van der Waals surface area contributed by atoms with Crippen molar-refractivity contribution in [3.63, 3.8) is 0 Å². The van der Waals surface area contributed by atoms with Crippen LogP contribution in [0.5, 0.6) is 5.75 Å². The number of carbonyl (C=O) groups is 1. The van der Waals surface area contributed by atoms with Crippen LogP contribution in [0.25, 0.3) is 0 Å². The van der Waals surface area contributed by atoms with Crippen molar-refractivity contribution in [3.05, 3.63) is 23.8 Å². The van der Waals surface area contributed by atoms with Crippen LogP contribution in [0.15, 0.2) is 18.2 Å². The second-order valence-corrected chi connectivity index (χ2v) is 7.39. The van der Waals surface area contributed by atoms with Crippen LogP contribution in [-0.4, -0.2) is 31.8 Å². The number of ether oxygens (including phenoxy) is 2. The number of benzene rings is 1. The van der Waals surface area contributed by atoms with Crippen LogP contribution >= 0.6 is 0 Å². The molecule has 0 aromatic heterocycles. The number of carbonyl (C=O) groups excluding carboxylic acids is 1. The molecule has 1 heterocycles. The van der Waals surface area contributed by atoms with Gasteiger partial charge in [0.2, 0.25) is 0 Å². The van der Waals surface area contributed by atoms with E-state index in [1.165, 1.54) is 12.7 Å². The van der Waals surface area contributed by atoms with Gasteiger partial charge in [0, 0.05) is 17.3 Å². The second kappa shape index (κ2) is 7.45. The SMILES string of the molecule is CCCC[C@H](C(=O)OC)N1c2cc(OC)ccc2[C@@H](C)CC1(C)C. The summed E-state index contributed by atoms with van der Waals surface area (Å²) < 4.78 is 10.6. The molecule has 0 bridgehead atoms. The number of hydrogen-bond donors (Lipinski definition) is 0. The largest absolute Gasteiger partial charge is 0.497 e. The minimum Gasteiger partial charge on any atom is -0.497 e. The zero-order valence-electron chi connectivity index (χ0n) is 15.9. The quantitative estimate of drug-likeness (QED) is 0.718. The molecular formula is C20H31NO3. The zero-order valence-corrected chi connectivity index (χ0v) is 15.9. The van der Waals surface area contributed by atoms with E-state index < -0.39 is 0 Å². The van der Waals surface area contributed by atoms with E-state index in [2.05, 4.69) is 44.7 Å². The predicted octanol–water partition coefficient (Wildman–Crippen LogP) is 4.52. The number of anilines is 1. The maximum Gasteiger partial charge on any atom is 0.328 e. The maximum atomic E-state index is 12.6. The third-order valence-corrected chi connectivity index (χ3v) is 5.10. The van der Waals surface area contributed by atoms with E-state index in [1.54, 1.807) is 7.11 Å². The van der Waals surface area contributed by atoms with Gasteiger partial charge in [-0.25, -0.2) is 4.79 Å². The molecule has 0 spiro atoms. The van der Waals surface area contributed by atoms with Gasteiger partial charge in [-0.3, -0.25) is 0 Å². The average Bonchev–Trinajstić information content (AvgIpc) is 2.55. The smallest absolute Gasteiger partial charge is 0.328 e. The van der Waals surface area contributed by atoms with E-state index in [9.17, 15) is 4.79 Å². The molecule has 1 aromatic rings. The normalized spacial score (nSPS) is 20.2. The molecular weight excluding hydrogens is 302 g/mol. The van der Waals surface area contributed by atoms with Gasteiger partial charge in [-0.05, 0) is 44.2 Å². The van der Waals surface area contributed by atoms with Crippen molar-refractivity contribution in [1.82, 2.24) is 0 Å². The molecule has 2 atom stereocenters. The maximum absolute atomic E-state index is 12.6. The molecule has 1 aliphatic rings. The summed E-state index contributed by atoms with van der Waals surface area (Å²) in [6.45, 7) is 8.83. The van der Waals surface area contributed by atoms with Crippen molar-refractivity contribution in [3.8, 4) is 5.75 Å². The minimum atomic E-state index is -0.261. The number of methoxy groups -OCH3 is 2. The van der Waals surface area contributed by atoms with Gasteiger partial charge in [0.05, 0.1) is 14.2 Å². The van der Waals surface area contributed by atoms with Gasteiger partial charge in [0.1, 0.15) is 11.8 Å². The number of rotatable bonds is 6. The molecule has 0 unspecified atom stereocenters. The molecule has 0 amide bonds. The van der Waals surface area contributed by atoms with Crippen molar-refractivity contribution in [2.24, 2.45) is 0 Å². The van der Waals surface area contributed by atoms with Crippen LogP contribution in [0.2, 0.25) is 0 Å². The molecule has 134 valence electrons. The van der Waals surface area contributed by atoms with Gasteiger partial charge in [-0.1, -0.05) is 32.8 Å². The Balaban J connectivity index is 2.55. The number of hydrogen-bond acceptors (Lipinski definition) is 4. The standard InChI is InChI=1S/C20H31NO3/c1-7-8-9-17(19(22)24-6)21-18-12-15(23-5)10-11-16(18)14(2)13-20(21,3)4/h10-12,14,17H,7-9,13H2,1-6H3/t14-,17+/m0/s1. The number of fused-ring (bicyclic) bond motifs is 1. The van der Waals surface area contributed by atoms with Crippen molar-refractivity contribution >= 4 is 11.7 Å². The Morgan fingerprint density at radius 2 is 2.08 bits per heavy atom. The highest BCUT2D eigenvalue weighted by molar-refractivity contribution is 5.82. The summed E-state index contributed by atoms with van der Waals surface area (Å²) in [5.41, 5.74) is 2.26. The summed E-state index contributed by atoms with van der Waals surface area (Å²) >= 11 is 0. The number of nitrogens with zero attached hydrogens (tertiary/aromatic N) is 1. The molecule has 24 heavy (non-hydrogen) atoms. The molecule has 2 rings (SSSR count). The lowest BCUT2D eigenvalue weighted by Crippen LogP contribution is -2.56. The fourth-order valence-corrected chi connectivity index (χ4v) is 4.04. The first-order valence-electron chi connectivity index (χ1n) is 8.90. The van der Waals surface area contributed by atoms with Crippen LogP contribution in [-0.2, 0) is 9.53 Å². The van der Waals surface area contributed by atoms with Crippen molar-refractivity contribution in [2.45, 2.75) is 70.9 Å². The number of esters is 1. The Bertz CT molecular complexity index is 582. The van der Waals surface area contributed by atoms with Crippen LogP contribution in [0.1, 0.15) is 64.9 Å². The summed E-state index contributed by atoms with van der Waals surface area (Å²) in [5.74, 6) is 1.12. The summed E-state index contributed by atoms with van der Waals surface area (Å²) in [6.07, 6.45) is 3.87. The fourth-order valence-electron chi connectivity index (χ4n) is 4.04. The first-order chi connectivity index (χ1) is 11.4. The van der Waals surface area contributed by atoms with E-state index in [1.807, 2.05) is 6.07 Å². The van der Waals surface area contributed by atoms with Crippen molar-refractivity contribution in [1.29, 1.82) is 0 Å². The molecule has 0 aliphatic carbocycles. The minimum absolute atomic E-state index is 0.120. The Labute approximate surface area is 146 Å². The topological polar surface area (TPSA) is 38.8 Å². The highest BCUT2D eigenvalue weighted by Crippen LogP contribution is 2.46. The molecule has 0 saturated carbocycles. The number of unbranched alkanes of at least 4 members (excludes halogenated alkanes) is 1. The van der Waals surface area contributed by atoms with E-state index in [0.29, 0.717) is 5.92 Å². The van der Waals surface area contributed by atoms with Gasteiger partial charge in [-0.15, -0.1) is 0 Å².